The van der Waals surface area contributed by atoms with E-state index in [0.717, 1.165) is 13.2 Å². The van der Waals surface area contributed by atoms with Crippen LogP contribution in [0, 0.1) is 0 Å². The van der Waals surface area contributed by atoms with Crippen LogP contribution in [0.15, 0.2) is 24.5 Å². The molecule has 1 aliphatic rings. The van der Waals surface area contributed by atoms with E-state index in [1.807, 2.05) is 18.5 Å². The molecule has 2 heterocycles. The minimum Gasteiger partial charge on any atom is -0.378 e. The van der Waals surface area contributed by atoms with Crippen molar-refractivity contribution >= 4 is 0 Å². The van der Waals surface area contributed by atoms with Crippen molar-refractivity contribution in [3.05, 3.63) is 30.1 Å². The van der Waals surface area contributed by atoms with E-state index in [9.17, 15) is 0 Å². The zero-order chi connectivity index (χ0) is 11.9. The van der Waals surface area contributed by atoms with Gasteiger partial charge in [-0.25, -0.2) is 0 Å². The van der Waals surface area contributed by atoms with Crippen molar-refractivity contribution in [2.45, 2.75) is 44.8 Å². The number of hydrogen-bond acceptors (Lipinski definition) is 3. The summed E-state index contributed by atoms with van der Waals surface area (Å²) < 4.78 is 5.61. The number of aromatic nitrogens is 1. The molecule has 0 saturated carbocycles. The highest BCUT2D eigenvalue weighted by atomic mass is 16.5. The second-order valence-corrected chi connectivity index (χ2v) is 4.74. The van der Waals surface area contributed by atoms with Gasteiger partial charge >= 0.3 is 0 Å². The summed E-state index contributed by atoms with van der Waals surface area (Å²) in [5.74, 6) is 0. The Labute approximate surface area is 104 Å². The van der Waals surface area contributed by atoms with Crippen LogP contribution in [-0.2, 0) is 4.74 Å². The summed E-state index contributed by atoms with van der Waals surface area (Å²) in [6.07, 6.45) is 9.13. The quantitative estimate of drug-likeness (QED) is 0.768. The van der Waals surface area contributed by atoms with Gasteiger partial charge in [0, 0.05) is 25.0 Å². The smallest absolute Gasteiger partial charge is 0.0576 e. The fraction of sp³-hybridized carbons (Fsp3) is 0.643. The molecule has 17 heavy (non-hydrogen) atoms. The van der Waals surface area contributed by atoms with Crippen LogP contribution in [-0.4, -0.2) is 24.2 Å². The first-order valence-electron chi connectivity index (χ1n) is 6.61. The van der Waals surface area contributed by atoms with E-state index >= 15 is 0 Å². The third-order valence-corrected chi connectivity index (χ3v) is 3.36. The maximum Gasteiger partial charge on any atom is 0.0576 e. The van der Waals surface area contributed by atoms with Crippen molar-refractivity contribution in [2.75, 3.05) is 13.2 Å². The average molecular weight is 234 g/mol. The first kappa shape index (κ1) is 12.5. The largest absolute Gasteiger partial charge is 0.378 e. The van der Waals surface area contributed by atoms with Crippen LogP contribution in [0.2, 0.25) is 0 Å². The van der Waals surface area contributed by atoms with Gasteiger partial charge in [0.1, 0.15) is 0 Å². The fourth-order valence-electron chi connectivity index (χ4n) is 2.27. The van der Waals surface area contributed by atoms with Crippen LogP contribution in [0.5, 0.6) is 0 Å². The van der Waals surface area contributed by atoms with Crippen molar-refractivity contribution < 1.29 is 4.74 Å². The van der Waals surface area contributed by atoms with Crippen LogP contribution in [0.25, 0.3) is 0 Å². The van der Waals surface area contributed by atoms with Crippen molar-refractivity contribution in [2.24, 2.45) is 0 Å². The molecule has 0 aromatic carbocycles. The lowest BCUT2D eigenvalue weighted by Gasteiger charge is -2.14. The zero-order valence-corrected chi connectivity index (χ0v) is 10.6. The summed E-state index contributed by atoms with van der Waals surface area (Å²) in [5.41, 5.74) is 1.25. The van der Waals surface area contributed by atoms with Crippen LogP contribution in [0.4, 0.5) is 0 Å². The lowest BCUT2D eigenvalue weighted by atomic mass is 10.1. The van der Waals surface area contributed by atoms with Crippen molar-refractivity contribution in [3.63, 3.8) is 0 Å². The second-order valence-electron chi connectivity index (χ2n) is 4.74. The minimum atomic E-state index is 0.383. The topological polar surface area (TPSA) is 34.1 Å². The third-order valence-electron chi connectivity index (χ3n) is 3.36. The molecule has 0 amide bonds. The summed E-state index contributed by atoms with van der Waals surface area (Å²) in [7, 11) is 0. The second kappa shape index (κ2) is 6.72. The highest BCUT2D eigenvalue weighted by Crippen LogP contribution is 2.16. The van der Waals surface area contributed by atoms with Gasteiger partial charge in [-0.05, 0) is 50.8 Å². The summed E-state index contributed by atoms with van der Waals surface area (Å²) in [5, 5.41) is 3.53. The van der Waals surface area contributed by atoms with Gasteiger partial charge in [-0.15, -0.1) is 0 Å². The first-order chi connectivity index (χ1) is 8.36. The average Bonchev–Trinajstić information content (AvgIpc) is 2.88. The van der Waals surface area contributed by atoms with Gasteiger partial charge in [0.15, 0.2) is 0 Å². The molecule has 1 aromatic rings. The molecular weight excluding hydrogens is 212 g/mol. The fourth-order valence-corrected chi connectivity index (χ4v) is 2.27. The number of ether oxygens (including phenoxy) is 1. The molecule has 3 heteroatoms. The lowest BCUT2D eigenvalue weighted by molar-refractivity contribution is 0.102. The molecule has 3 nitrogen and oxygen atoms in total. The van der Waals surface area contributed by atoms with E-state index in [1.165, 1.54) is 31.2 Å². The maximum absolute atomic E-state index is 5.61. The Hall–Kier alpha value is -0.930. The number of hydrogen-bond donors (Lipinski definition) is 1. The lowest BCUT2D eigenvalue weighted by Crippen LogP contribution is -2.21. The molecule has 1 N–H and O–H groups in total. The Morgan fingerprint density at radius 1 is 1.59 bits per heavy atom. The number of rotatable bonds is 6. The molecule has 2 atom stereocenters. The third kappa shape index (κ3) is 4.10. The molecule has 0 spiro atoms. The van der Waals surface area contributed by atoms with Crippen molar-refractivity contribution in [3.8, 4) is 0 Å². The molecule has 1 aliphatic heterocycles. The molecule has 2 rings (SSSR count). The number of pyridine rings is 1. The highest BCUT2D eigenvalue weighted by Gasteiger charge is 2.14. The summed E-state index contributed by atoms with van der Waals surface area (Å²) >= 11 is 0. The maximum atomic E-state index is 5.61. The van der Waals surface area contributed by atoms with Crippen molar-refractivity contribution in [1.29, 1.82) is 0 Å². The van der Waals surface area contributed by atoms with E-state index in [4.69, 9.17) is 4.74 Å². The summed E-state index contributed by atoms with van der Waals surface area (Å²) in [6.45, 7) is 4.20. The van der Waals surface area contributed by atoms with Gasteiger partial charge in [-0.3, -0.25) is 4.98 Å². The summed E-state index contributed by atoms with van der Waals surface area (Å²) in [6, 6.07) is 4.48. The molecule has 1 aromatic heterocycles. The monoisotopic (exact) mass is 234 g/mol. The van der Waals surface area contributed by atoms with E-state index in [0.29, 0.717) is 12.1 Å². The Morgan fingerprint density at radius 3 is 3.24 bits per heavy atom. The molecule has 1 fully saturated rings. The Morgan fingerprint density at radius 2 is 2.53 bits per heavy atom. The predicted molar refractivity (Wildman–Crippen MR) is 68.9 cm³/mol. The summed E-state index contributed by atoms with van der Waals surface area (Å²) in [4.78, 5) is 4.14. The van der Waals surface area contributed by atoms with Gasteiger partial charge in [0.2, 0.25) is 0 Å². The van der Waals surface area contributed by atoms with Gasteiger partial charge in [0.05, 0.1) is 6.10 Å². The van der Waals surface area contributed by atoms with Gasteiger partial charge < -0.3 is 10.1 Å². The van der Waals surface area contributed by atoms with E-state index in [1.54, 1.807) is 0 Å². The molecule has 0 radical (unpaired) electrons. The van der Waals surface area contributed by atoms with Gasteiger partial charge in [-0.2, -0.15) is 0 Å². The highest BCUT2D eigenvalue weighted by molar-refractivity contribution is 5.12. The normalized spacial score (nSPS) is 21.6. The number of nitrogens with one attached hydrogen (secondary N) is 1. The Balaban J connectivity index is 1.61. The first-order valence-corrected chi connectivity index (χ1v) is 6.61. The van der Waals surface area contributed by atoms with Gasteiger partial charge in [0.25, 0.3) is 0 Å². The van der Waals surface area contributed by atoms with E-state index in [2.05, 4.69) is 23.3 Å². The molecule has 1 unspecified atom stereocenters. The van der Waals surface area contributed by atoms with E-state index < -0.39 is 0 Å². The molecule has 0 bridgehead atoms. The minimum absolute atomic E-state index is 0.383. The molecular formula is C14H22N2O. The van der Waals surface area contributed by atoms with Crippen LogP contribution >= 0.6 is 0 Å². The molecule has 1 saturated heterocycles. The van der Waals surface area contributed by atoms with Crippen LogP contribution < -0.4 is 5.32 Å². The van der Waals surface area contributed by atoms with E-state index in [-0.39, 0.29) is 0 Å². The molecule has 0 aliphatic carbocycles. The zero-order valence-electron chi connectivity index (χ0n) is 10.6. The van der Waals surface area contributed by atoms with Gasteiger partial charge in [-0.1, -0.05) is 6.07 Å². The standard InChI is InChI=1S/C14H22N2O/c1-12(13-5-2-8-15-11-13)16-9-3-6-14-7-4-10-17-14/h2,5,8,11-12,14,16H,3-4,6-7,9-10H2,1H3/t12-,14?/m1/s1. The predicted octanol–water partition coefficient (Wildman–Crippen LogP) is 2.69. The Kier molecular flexibility index (Phi) is 4.95. The molecule has 94 valence electrons. The SMILES string of the molecule is C[C@@H](NCCCC1CCCO1)c1cccnc1. The van der Waals surface area contributed by atoms with Crippen LogP contribution in [0.3, 0.4) is 0 Å². The van der Waals surface area contributed by atoms with Crippen LogP contribution in [0.1, 0.15) is 44.2 Å². The van der Waals surface area contributed by atoms with Crippen molar-refractivity contribution in [1.82, 2.24) is 10.3 Å². The number of nitrogens with zero attached hydrogens (tertiary/aromatic N) is 1. The Bertz CT molecular complexity index is 309.